The largest absolute Gasteiger partial charge is 0.504 e. The molecule has 1 unspecified atom stereocenters. The summed E-state index contributed by atoms with van der Waals surface area (Å²) < 4.78 is 9.98. The molecular weight excluding hydrogens is 202 g/mol. The predicted octanol–water partition coefficient (Wildman–Crippen LogP) is 0.205. The Labute approximate surface area is 84.8 Å². The Morgan fingerprint density at radius 1 is 1.47 bits per heavy atom. The van der Waals surface area contributed by atoms with Crippen molar-refractivity contribution in [3.8, 4) is 17.2 Å². The fraction of sp³-hybridized carbons (Fsp3) is 0.222. The molecule has 1 atom stereocenters. The Morgan fingerprint density at radius 2 is 2.20 bits per heavy atom. The summed E-state index contributed by atoms with van der Waals surface area (Å²) in [6, 6.07) is 1.51. The first-order valence-corrected chi connectivity index (χ1v) is 4.20. The number of carbonyl (C=O) groups is 1. The molecule has 0 radical (unpaired) electrons. The van der Waals surface area contributed by atoms with E-state index in [1.165, 1.54) is 12.1 Å². The number of phenolic OH excluding ortho intramolecular Hbond substituents is 1. The SMILES string of the molecule is NC(C(=O)O)c1cc(O)c2c(c1)OCO2. The number of hydrogen-bond acceptors (Lipinski definition) is 5. The molecular formula is C9H9NO5. The molecule has 6 heteroatoms. The minimum absolute atomic E-state index is 0.00859. The minimum Gasteiger partial charge on any atom is -0.504 e. The van der Waals surface area contributed by atoms with E-state index in [1.54, 1.807) is 0 Å². The highest BCUT2D eigenvalue weighted by Crippen LogP contribution is 2.42. The maximum Gasteiger partial charge on any atom is 0.325 e. The molecule has 1 aromatic carbocycles. The molecule has 0 aromatic heterocycles. The van der Waals surface area contributed by atoms with Crippen LogP contribution in [-0.4, -0.2) is 23.0 Å². The lowest BCUT2D eigenvalue weighted by molar-refractivity contribution is -0.138. The van der Waals surface area contributed by atoms with Crippen LogP contribution in [0.2, 0.25) is 0 Å². The van der Waals surface area contributed by atoms with E-state index >= 15 is 0 Å². The highest BCUT2D eigenvalue weighted by molar-refractivity contribution is 5.76. The van der Waals surface area contributed by atoms with Crippen LogP contribution >= 0.6 is 0 Å². The second kappa shape index (κ2) is 3.32. The third kappa shape index (κ3) is 1.55. The standard InChI is InChI=1S/C9H9NO5/c10-7(9(12)13)4-1-5(11)8-6(2-4)14-3-15-8/h1-2,7,11H,3,10H2,(H,12,13). The zero-order valence-corrected chi connectivity index (χ0v) is 7.64. The van der Waals surface area contributed by atoms with E-state index in [-0.39, 0.29) is 23.9 Å². The van der Waals surface area contributed by atoms with Crippen LogP contribution in [0.3, 0.4) is 0 Å². The number of nitrogens with two attached hydrogens (primary N) is 1. The lowest BCUT2D eigenvalue weighted by atomic mass is 10.1. The van der Waals surface area contributed by atoms with Gasteiger partial charge in [0.1, 0.15) is 6.04 Å². The summed E-state index contributed by atoms with van der Waals surface area (Å²) >= 11 is 0. The molecule has 4 N–H and O–H groups in total. The third-order valence-corrected chi connectivity index (χ3v) is 2.10. The van der Waals surface area contributed by atoms with Crippen LogP contribution < -0.4 is 15.2 Å². The molecule has 15 heavy (non-hydrogen) atoms. The van der Waals surface area contributed by atoms with Gasteiger partial charge < -0.3 is 25.4 Å². The second-order valence-electron chi connectivity index (χ2n) is 3.09. The molecule has 1 heterocycles. The summed E-state index contributed by atoms with van der Waals surface area (Å²) in [7, 11) is 0. The van der Waals surface area contributed by atoms with Crippen molar-refractivity contribution >= 4 is 5.97 Å². The number of carboxylic acid groups (broad SMARTS) is 1. The maximum absolute atomic E-state index is 10.6. The smallest absolute Gasteiger partial charge is 0.325 e. The van der Waals surface area contributed by atoms with Gasteiger partial charge in [-0.05, 0) is 17.7 Å². The minimum atomic E-state index is -1.19. The summed E-state index contributed by atoms with van der Waals surface area (Å²) in [4.78, 5) is 10.6. The molecule has 0 amide bonds. The second-order valence-corrected chi connectivity index (χ2v) is 3.09. The first-order chi connectivity index (χ1) is 7.09. The monoisotopic (exact) mass is 211 g/mol. The number of carboxylic acids is 1. The predicted molar refractivity (Wildman–Crippen MR) is 48.8 cm³/mol. The number of benzene rings is 1. The van der Waals surface area contributed by atoms with E-state index in [4.69, 9.17) is 20.3 Å². The van der Waals surface area contributed by atoms with Gasteiger partial charge >= 0.3 is 5.97 Å². The molecule has 2 rings (SSSR count). The Hall–Kier alpha value is -1.95. The van der Waals surface area contributed by atoms with Crippen molar-refractivity contribution in [2.24, 2.45) is 5.73 Å². The fourth-order valence-corrected chi connectivity index (χ4v) is 1.33. The van der Waals surface area contributed by atoms with Crippen LogP contribution in [-0.2, 0) is 4.79 Å². The number of fused-ring (bicyclic) bond motifs is 1. The highest BCUT2D eigenvalue weighted by atomic mass is 16.7. The van der Waals surface area contributed by atoms with Crippen molar-refractivity contribution in [2.45, 2.75) is 6.04 Å². The van der Waals surface area contributed by atoms with Gasteiger partial charge in [0.15, 0.2) is 11.5 Å². The van der Waals surface area contributed by atoms with Gasteiger partial charge in [-0.3, -0.25) is 4.79 Å². The molecule has 1 aliphatic rings. The molecule has 1 aliphatic heterocycles. The highest BCUT2D eigenvalue weighted by Gasteiger charge is 2.23. The average molecular weight is 211 g/mol. The number of ether oxygens (including phenoxy) is 2. The molecule has 0 bridgehead atoms. The van der Waals surface area contributed by atoms with Crippen LogP contribution in [0.25, 0.3) is 0 Å². The van der Waals surface area contributed by atoms with E-state index in [0.717, 1.165) is 0 Å². The molecule has 0 saturated heterocycles. The van der Waals surface area contributed by atoms with Gasteiger partial charge in [0.05, 0.1) is 0 Å². The summed E-state index contributed by atoms with van der Waals surface area (Å²) in [6.45, 7) is 0.00859. The van der Waals surface area contributed by atoms with Crippen molar-refractivity contribution in [2.75, 3.05) is 6.79 Å². The van der Waals surface area contributed by atoms with Crippen molar-refractivity contribution in [1.29, 1.82) is 0 Å². The number of hydrogen-bond donors (Lipinski definition) is 3. The van der Waals surface area contributed by atoms with Gasteiger partial charge in [-0.1, -0.05) is 0 Å². The normalized spacial score (nSPS) is 15.0. The summed E-state index contributed by atoms with van der Waals surface area (Å²) in [5.74, 6) is -0.817. The van der Waals surface area contributed by atoms with E-state index in [2.05, 4.69) is 0 Å². The first kappa shape index (κ1) is 9.60. The Bertz CT molecular complexity index is 417. The molecule has 6 nitrogen and oxygen atoms in total. The Balaban J connectivity index is 2.43. The zero-order valence-electron chi connectivity index (χ0n) is 7.64. The Kier molecular flexibility index (Phi) is 2.12. The quantitative estimate of drug-likeness (QED) is 0.646. The number of aliphatic carboxylic acids is 1. The molecule has 0 fully saturated rings. The van der Waals surface area contributed by atoms with Crippen LogP contribution in [0.4, 0.5) is 0 Å². The molecule has 0 saturated carbocycles. The van der Waals surface area contributed by atoms with E-state index in [9.17, 15) is 9.90 Å². The topological polar surface area (TPSA) is 102 Å². The summed E-state index contributed by atoms with van der Waals surface area (Å²) in [5, 5.41) is 18.2. The van der Waals surface area contributed by atoms with Gasteiger partial charge in [-0.25, -0.2) is 0 Å². The number of phenols is 1. The van der Waals surface area contributed by atoms with E-state index in [0.29, 0.717) is 5.75 Å². The average Bonchev–Trinajstić information content (AvgIpc) is 2.64. The Morgan fingerprint density at radius 3 is 2.87 bits per heavy atom. The van der Waals surface area contributed by atoms with Gasteiger partial charge in [-0.15, -0.1) is 0 Å². The molecule has 0 spiro atoms. The van der Waals surface area contributed by atoms with Gasteiger partial charge in [0.2, 0.25) is 12.5 Å². The van der Waals surface area contributed by atoms with Crippen LogP contribution in [0.5, 0.6) is 17.2 Å². The van der Waals surface area contributed by atoms with E-state index in [1.807, 2.05) is 0 Å². The first-order valence-electron chi connectivity index (χ1n) is 4.20. The molecule has 1 aromatic rings. The van der Waals surface area contributed by atoms with Crippen LogP contribution in [0, 0.1) is 0 Å². The summed E-state index contributed by atoms with van der Waals surface area (Å²) in [5.41, 5.74) is 5.66. The van der Waals surface area contributed by atoms with Crippen molar-refractivity contribution < 1.29 is 24.5 Å². The van der Waals surface area contributed by atoms with Crippen LogP contribution in [0.15, 0.2) is 12.1 Å². The fourth-order valence-electron chi connectivity index (χ4n) is 1.33. The molecule has 80 valence electrons. The van der Waals surface area contributed by atoms with Crippen LogP contribution in [0.1, 0.15) is 11.6 Å². The summed E-state index contributed by atoms with van der Waals surface area (Å²) in [6.07, 6.45) is 0. The number of rotatable bonds is 2. The van der Waals surface area contributed by atoms with Crippen molar-refractivity contribution in [1.82, 2.24) is 0 Å². The van der Waals surface area contributed by atoms with E-state index < -0.39 is 12.0 Å². The van der Waals surface area contributed by atoms with Gasteiger partial charge in [-0.2, -0.15) is 0 Å². The van der Waals surface area contributed by atoms with Crippen molar-refractivity contribution in [3.63, 3.8) is 0 Å². The van der Waals surface area contributed by atoms with Gasteiger partial charge in [0, 0.05) is 0 Å². The lowest BCUT2D eigenvalue weighted by Gasteiger charge is -2.08. The van der Waals surface area contributed by atoms with Gasteiger partial charge in [0.25, 0.3) is 0 Å². The third-order valence-electron chi connectivity index (χ3n) is 2.10. The molecule has 0 aliphatic carbocycles. The van der Waals surface area contributed by atoms with Crippen molar-refractivity contribution in [3.05, 3.63) is 17.7 Å². The zero-order chi connectivity index (χ0) is 11.0. The lowest BCUT2D eigenvalue weighted by Crippen LogP contribution is -2.20. The number of aromatic hydroxyl groups is 1. The maximum atomic E-state index is 10.6.